The van der Waals surface area contributed by atoms with E-state index in [0.29, 0.717) is 6.42 Å². The van der Waals surface area contributed by atoms with Crippen LogP contribution in [0.25, 0.3) is 11.1 Å². The molecule has 2 nitrogen and oxygen atoms in total. The van der Waals surface area contributed by atoms with Gasteiger partial charge in [0, 0.05) is 23.0 Å². The summed E-state index contributed by atoms with van der Waals surface area (Å²) in [7, 11) is 0. The van der Waals surface area contributed by atoms with Crippen LogP contribution in [-0.4, -0.2) is 12.5 Å². The summed E-state index contributed by atoms with van der Waals surface area (Å²) in [5.74, 6) is 0.218. The number of benzene rings is 2. The number of carbonyl (C=O) groups is 1. The standard InChI is InChI=1S/C16H14BrNO/c17-13-8-9-14(12-5-2-1-3-6-12)15(11-13)18-10-4-7-16(18)19/h1-3,5-6,8-9,11H,4,7,10H2. The van der Waals surface area contributed by atoms with E-state index in [2.05, 4.69) is 34.1 Å². The lowest BCUT2D eigenvalue weighted by Gasteiger charge is -2.20. The molecule has 19 heavy (non-hydrogen) atoms. The molecule has 1 aliphatic rings. The fraction of sp³-hybridized carbons (Fsp3) is 0.188. The Morgan fingerprint density at radius 3 is 2.53 bits per heavy atom. The highest BCUT2D eigenvalue weighted by molar-refractivity contribution is 9.10. The van der Waals surface area contributed by atoms with Crippen molar-refractivity contribution >= 4 is 27.5 Å². The highest BCUT2D eigenvalue weighted by atomic mass is 79.9. The number of carbonyl (C=O) groups excluding carboxylic acids is 1. The Labute approximate surface area is 121 Å². The zero-order valence-corrected chi connectivity index (χ0v) is 12.1. The zero-order valence-electron chi connectivity index (χ0n) is 10.5. The average Bonchev–Trinajstić information content (AvgIpc) is 2.86. The summed E-state index contributed by atoms with van der Waals surface area (Å²) in [4.78, 5) is 13.9. The van der Waals surface area contributed by atoms with Crippen LogP contribution < -0.4 is 4.90 Å². The second kappa shape index (κ2) is 5.17. The van der Waals surface area contributed by atoms with Crippen LogP contribution >= 0.6 is 15.9 Å². The van der Waals surface area contributed by atoms with Crippen LogP contribution in [0.1, 0.15) is 12.8 Å². The van der Waals surface area contributed by atoms with E-state index in [4.69, 9.17) is 0 Å². The summed E-state index contributed by atoms with van der Waals surface area (Å²) in [5.41, 5.74) is 3.26. The molecule has 1 saturated heterocycles. The molecule has 2 aromatic carbocycles. The lowest BCUT2D eigenvalue weighted by molar-refractivity contribution is -0.117. The molecule has 0 atom stereocenters. The molecule has 0 radical (unpaired) electrons. The van der Waals surface area contributed by atoms with Crippen LogP contribution in [0.3, 0.4) is 0 Å². The highest BCUT2D eigenvalue weighted by Crippen LogP contribution is 2.35. The van der Waals surface area contributed by atoms with Gasteiger partial charge in [0.15, 0.2) is 0 Å². The first kappa shape index (κ1) is 12.4. The van der Waals surface area contributed by atoms with Gasteiger partial charge in [-0.2, -0.15) is 0 Å². The molecule has 96 valence electrons. The quantitative estimate of drug-likeness (QED) is 0.811. The molecule has 0 spiro atoms. The summed E-state index contributed by atoms with van der Waals surface area (Å²) >= 11 is 3.50. The summed E-state index contributed by atoms with van der Waals surface area (Å²) in [6.07, 6.45) is 1.60. The summed E-state index contributed by atoms with van der Waals surface area (Å²) in [5, 5.41) is 0. The van der Waals surface area contributed by atoms with Crippen molar-refractivity contribution < 1.29 is 4.79 Å². The molecule has 1 aliphatic heterocycles. The maximum atomic E-state index is 12.0. The summed E-state index contributed by atoms with van der Waals surface area (Å²) in [6, 6.07) is 16.3. The summed E-state index contributed by atoms with van der Waals surface area (Å²) in [6.45, 7) is 0.815. The third-order valence-electron chi connectivity index (χ3n) is 3.41. The highest BCUT2D eigenvalue weighted by Gasteiger charge is 2.24. The maximum absolute atomic E-state index is 12.0. The van der Waals surface area contributed by atoms with Gasteiger partial charge in [-0.15, -0.1) is 0 Å². The third kappa shape index (κ3) is 2.43. The first-order chi connectivity index (χ1) is 9.25. The largest absolute Gasteiger partial charge is 0.312 e. The van der Waals surface area contributed by atoms with Gasteiger partial charge in [-0.25, -0.2) is 0 Å². The van der Waals surface area contributed by atoms with Gasteiger partial charge < -0.3 is 4.90 Å². The Hall–Kier alpha value is -1.61. The second-order valence-corrected chi connectivity index (χ2v) is 5.59. The lowest BCUT2D eigenvalue weighted by Crippen LogP contribution is -2.24. The molecule has 1 heterocycles. The van der Waals surface area contributed by atoms with Crippen LogP contribution in [0.5, 0.6) is 0 Å². The van der Waals surface area contributed by atoms with Crippen LogP contribution in [-0.2, 0) is 4.79 Å². The smallest absolute Gasteiger partial charge is 0.227 e. The molecular formula is C16H14BrNO. The van der Waals surface area contributed by atoms with Crippen molar-refractivity contribution in [2.45, 2.75) is 12.8 Å². The van der Waals surface area contributed by atoms with Gasteiger partial charge in [0.25, 0.3) is 0 Å². The number of amides is 1. The van der Waals surface area contributed by atoms with Gasteiger partial charge in [-0.1, -0.05) is 52.3 Å². The van der Waals surface area contributed by atoms with Crippen molar-refractivity contribution in [2.75, 3.05) is 11.4 Å². The number of hydrogen-bond acceptors (Lipinski definition) is 1. The second-order valence-electron chi connectivity index (χ2n) is 4.68. The van der Waals surface area contributed by atoms with Gasteiger partial charge in [0.2, 0.25) is 5.91 Å². The number of halogens is 1. The molecule has 0 bridgehead atoms. The van der Waals surface area contributed by atoms with E-state index in [1.165, 1.54) is 0 Å². The van der Waals surface area contributed by atoms with Crippen LogP contribution in [0.4, 0.5) is 5.69 Å². The minimum absolute atomic E-state index is 0.218. The fourth-order valence-corrected chi connectivity index (χ4v) is 2.84. The number of nitrogens with zero attached hydrogens (tertiary/aromatic N) is 1. The fourth-order valence-electron chi connectivity index (χ4n) is 2.49. The van der Waals surface area contributed by atoms with E-state index in [-0.39, 0.29) is 5.91 Å². The van der Waals surface area contributed by atoms with Gasteiger partial charge in [0.05, 0.1) is 5.69 Å². The SMILES string of the molecule is O=C1CCCN1c1cc(Br)ccc1-c1ccccc1. The van der Waals surface area contributed by atoms with Gasteiger partial charge in [0.1, 0.15) is 0 Å². The maximum Gasteiger partial charge on any atom is 0.227 e. The topological polar surface area (TPSA) is 20.3 Å². The zero-order chi connectivity index (χ0) is 13.2. The van der Waals surface area contributed by atoms with Crippen molar-refractivity contribution in [3.05, 3.63) is 53.0 Å². The normalized spacial score (nSPS) is 15.0. The van der Waals surface area contributed by atoms with Crippen LogP contribution in [0.15, 0.2) is 53.0 Å². The average molecular weight is 316 g/mol. The van der Waals surface area contributed by atoms with Gasteiger partial charge >= 0.3 is 0 Å². The minimum Gasteiger partial charge on any atom is -0.312 e. The Bertz CT molecular complexity index is 609. The van der Waals surface area contributed by atoms with Crippen molar-refractivity contribution in [3.8, 4) is 11.1 Å². The predicted molar refractivity (Wildman–Crippen MR) is 81.2 cm³/mol. The van der Waals surface area contributed by atoms with E-state index in [9.17, 15) is 4.79 Å². The van der Waals surface area contributed by atoms with Crippen LogP contribution in [0, 0.1) is 0 Å². The molecule has 3 rings (SSSR count). The minimum atomic E-state index is 0.218. The molecule has 3 heteroatoms. The third-order valence-corrected chi connectivity index (χ3v) is 3.90. The van der Waals surface area contributed by atoms with Crippen molar-refractivity contribution in [1.29, 1.82) is 0 Å². The Morgan fingerprint density at radius 2 is 1.84 bits per heavy atom. The monoisotopic (exact) mass is 315 g/mol. The first-order valence-electron chi connectivity index (χ1n) is 6.41. The van der Waals surface area contributed by atoms with E-state index in [1.807, 2.05) is 35.2 Å². The Balaban J connectivity index is 2.12. The Kier molecular flexibility index (Phi) is 3.38. The lowest BCUT2D eigenvalue weighted by atomic mass is 10.0. The molecule has 2 aromatic rings. The summed E-state index contributed by atoms with van der Waals surface area (Å²) < 4.78 is 1.00. The van der Waals surface area contributed by atoms with Crippen LogP contribution in [0.2, 0.25) is 0 Å². The molecule has 1 amide bonds. The van der Waals surface area contributed by atoms with Gasteiger partial charge in [-0.05, 0) is 24.1 Å². The van der Waals surface area contributed by atoms with Crippen molar-refractivity contribution in [2.24, 2.45) is 0 Å². The molecular weight excluding hydrogens is 302 g/mol. The van der Waals surface area contributed by atoms with Crippen molar-refractivity contribution in [1.82, 2.24) is 0 Å². The number of rotatable bonds is 2. The first-order valence-corrected chi connectivity index (χ1v) is 7.20. The van der Waals surface area contributed by atoms with E-state index in [0.717, 1.165) is 34.3 Å². The predicted octanol–water partition coefficient (Wildman–Crippen LogP) is 4.24. The molecule has 0 aliphatic carbocycles. The van der Waals surface area contributed by atoms with E-state index >= 15 is 0 Å². The molecule has 0 aromatic heterocycles. The van der Waals surface area contributed by atoms with E-state index < -0.39 is 0 Å². The molecule has 1 fully saturated rings. The van der Waals surface area contributed by atoms with Gasteiger partial charge in [-0.3, -0.25) is 4.79 Å². The van der Waals surface area contributed by atoms with E-state index in [1.54, 1.807) is 0 Å². The molecule has 0 unspecified atom stereocenters. The molecule has 0 saturated carbocycles. The Morgan fingerprint density at radius 1 is 1.05 bits per heavy atom. The molecule has 0 N–H and O–H groups in total. The number of anilines is 1. The number of hydrogen-bond donors (Lipinski definition) is 0. The van der Waals surface area contributed by atoms with Crippen molar-refractivity contribution in [3.63, 3.8) is 0 Å².